The third kappa shape index (κ3) is 6.67. The van der Waals surface area contributed by atoms with Crippen LogP contribution in [-0.2, 0) is 21.7 Å². The van der Waals surface area contributed by atoms with Gasteiger partial charge in [0.05, 0.1) is 0 Å². The summed E-state index contributed by atoms with van der Waals surface area (Å²) in [5, 5.41) is 0. The summed E-state index contributed by atoms with van der Waals surface area (Å²) in [5.41, 5.74) is 26.4. The summed E-state index contributed by atoms with van der Waals surface area (Å²) in [4.78, 5) is 5.18. The summed E-state index contributed by atoms with van der Waals surface area (Å²) in [7, 11) is 0. The third-order valence-electron chi connectivity index (χ3n) is 15.3. The highest BCUT2D eigenvalue weighted by Crippen LogP contribution is 2.55. The molecule has 2 aliphatic heterocycles. The van der Waals surface area contributed by atoms with Crippen LogP contribution in [0.3, 0.4) is 0 Å². The van der Waals surface area contributed by atoms with E-state index in [4.69, 9.17) is 0 Å². The Kier molecular flexibility index (Phi) is 9.52. The third-order valence-corrected chi connectivity index (χ3v) is 15.3. The molecule has 4 aliphatic rings. The zero-order valence-corrected chi connectivity index (χ0v) is 40.9. The van der Waals surface area contributed by atoms with Crippen molar-refractivity contribution >= 4 is 68.4 Å². The van der Waals surface area contributed by atoms with E-state index in [1.165, 1.54) is 106 Å². The van der Waals surface area contributed by atoms with Gasteiger partial charge < -0.3 is 9.80 Å². The van der Waals surface area contributed by atoms with Crippen LogP contribution in [0.1, 0.15) is 122 Å². The molecule has 0 bridgehead atoms. The Morgan fingerprint density at radius 3 is 1.64 bits per heavy atom. The van der Waals surface area contributed by atoms with Crippen molar-refractivity contribution in [3.63, 3.8) is 0 Å². The Balaban J connectivity index is 1.14. The maximum Gasteiger partial charge on any atom is 0.252 e. The number of hydrogen-bond acceptors (Lipinski definition) is 2. The van der Waals surface area contributed by atoms with Crippen LogP contribution >= 0.6 is 0 Å². The van der Waals surface area contributed by atoms with Crippen molar-refractivity contribution in [3.05, 3.63) is 197 Å². The highest BCUT2D eigenvalue weighted by molar-refractivity contribution is 7.00. The minimum Gasteiger partial charge on any atom is -0.311 e. The van der Waals surface area contributed by atoms with Crippen LogP contribution in [0.15, 0.2) is 163 Å². The first kappa shape index (κ1) is 42.3. The Morgan fingerprint density at radius 1 is 0.470 bits per heavy atom. The molecule has 0 spiro atoms. The molecule has 0 aromatic heterocycles. The molecule has 2 heterocycles. The molecule has 2 nitrogen and oxygen atoms in total. The van der Waals surface area contributed by atoms with Gasteiger partial charge in [-0.25, -0.2) is 0 Å². The molecule has 0 atom stereocenters. The van der Waals surface area contributed by atoms with Crippen molar-refractivity contribution < 1.29 is 0 Å². The fourth-order valence-electron chi connectivity index (χ4n) is 11.5. The van der Waals surface area contributed by atoms with E-state index in [-0.39, 0.29) is 28.4 Å². The quantitative estimate of drug-likeness (QED) is 0.163. The van der Waals surface area contributed by atoms with Gasteiger partial charge in [0, 0.05) is 39.5 Å². The van der Waals surface area contributed by atoms with Gasteiger partial charge in [0.1, 0.15) is 0 Å². The summed E-state index contributed by atoms with van der Waals surface area (Å²) >= 11 is 0. The zero-order valence-electron chi connectivity index (χ0n) is 40.9. The van der Waals surface area contributed by atoms with E-state index in [1.807, 2.05) is 0 Å². The first-order chi connectivity index (χ1) is 31.4. The molecule has 0 radical (unpaired) electrons. The molecule has 7 aromatic rings. The first-order valence-corrected chi connectivity index (χ1v) is 24.3. The van der Waals surface area contributed by atoms with Crippen LogP contribution in [0.25, 0.3) is 22.3 Å². The number of anilines is 6. The smallest absolute Gasteiger partial charge is 0.252 e. The van der Waals surface area contributed by atoms with Gasteiger partial charge >= 0.3 is 0 Å². The van der Waals surface area contributed by atoms with E-state index in [2.05, 4.69) is 244 Å². The molecule has 11 rings (SSSR count). The van der Waals surface area contributed by atoms with E-state index >= 15 is 0 Å². The highest BCUT2D eigenvalue weighted by atomic mass is 15.2. The predicted octanol–water partition coefficient (Wildman–Crippen LogP) is 15.3. The van der Waals surface area contributed by atoms with Gasteiger partial charge in [0.15, 0.2) is 0 Å². The van der Waals surface area contributed by atoms with Gasteiger partial charge in [-0.05, 0) is 150 Å². The Bertz CT molecular complexity index is 3140. The zero-order chi connectivity index (χ0) is 46.1. The van der Waals surface area contributed by atoms with Crippen LogP contribution in [0.2, 0.25) is 0 Å². The molecular formula is C63H63BN2. The maximum atomic E-state index is 2.59. The van der Waals surface area contributed by atoms with E-state index in [0.717, 1.165) is 12.8 Å². The number of fused-ring (bicyclic) bond motifs is 6. The minimum absolute atomic E-state index is 0.0183. The summed E-state index contributed by atoms with van der Waals surface area (Å²) in [6, 6.07) is 58.4. The number of hydrogen-bond donors (Lipinski definition) is 0. The lowest BCUT2D eigenvalue weighted by Crippen LogP contribution is -2.61. The minimum atomic E-state index is -0.104. The van der Waals surface area contributed by atoms with Gasteiger partial charge in [-0.1, -0.05) is 191 Å². The van der Waals surface area contributed by atoms with E-state index in [0.29, 0.717) is 0 Å². The van der Waals surface area contributed by atoms with Gasteiger partial charge in [-0.2, -0.15) is 0 Å². The molecule has 0 saturated carbocycles. The maximum absolute atomic E-state index is 2.59. The molecule has 2 aliphatic carbocycles. The summed E-state index contributed by atoms with van der Waals surface area (Å²) < 4.78 is 0. The van der Waals surface area contributed by atoms with Gasteiger partial charge in [-0.15, -0.1) is 0 Å². The standard InChI is InChI=1S/C63H63BN2/c1-60(2,3)43-29-35-54-53(36-43)64-52-34-28-44(61(4,5)6)37-55(52)66(47-30-24-41(25-31-47)40-18-13-12-14-19-40)57-39-45(62(7,8)9)38-56(59(57)64)65(54)46-32-26-42(27-33-46)48-21-17-23-51-58(48)49-20-15-16-22-50(49)63(51,10)11/h12-16,18-22,24-39H,17,23H2,1-11H3. The largest absolute Gasteiger partial charge is 0.311 e. The van der Waals surface area contributed by atoms with Crippen molar-refractivity contribution in [1.82, 2.24) is 0 Å². The Morgan fingerprint density at radius 2 is 1.00 bits per heavy atom. The van der Waals surface area contributed by atoms with Crippen molar-refractivity contribution in [3.8, 4) is 11.1 Å². The van der Waals surface area contributed by atoms with Gasteiger partial charge in [-0.3, -0.25) is 0 Å². The average Bonchev–Trinajstić information content (AvgIpc) is 3.54. The number of nitrogens with zero attached hydrogens (tertiary/aromatic N) is 2. The number of benzene rings is 7. The molecule has 66 heavy (non-hydrogen) atoms. The lowest BCUT2D eigenvalue weighted by atomic mass is 9.33. The van der Waals surface area contributed by atoms with Gasteiger partial charge in [0.25, 0.3) is 6.71 Å². The molecular weight excluding hydrogens is 796 g/mol. The van der Waals surface area contributed by atoms with Gasteiger partial charge in [0.2, 0.25) is 0 Å². The van der Waals surface area contributed by atoms with E-state index in [1.54, 1.807) is 5.57 Å². The van der Waals surface area contributed by atoms with Crippen molar-refractivity contribution in [2.45, 2.75) is 111 Å². The van der Waals surface area contributed by atoms with Crippen LogP contribution in [-0.4, -0.2) is 6.71 Å². The topological polar surface area (TPSA) is 6.48 Å². The SMILES string of the molecule is CC(C)(C)c1ccc2c(c1)B1c3ccc(C(C)(C)C)cc3N(c3ccc(-c4ccccc4)cc3)c3cc(C(C)(C)C)cc(c31)N2c1ccc(C2=CCCC3=C2c2ccccc2C3(C)C)cc1. The molecule has 7 aromatic carbocycles. The van der Waals surface area contributed by atoms with Crippen LogP contribution < -0.4 is 26.2 Å². The second-order valence-corrected chi connectivity index (χ2v) is 23.0. The second-order valence-electron chi connectivity index (χ2n) is 23.0. The molecule has 0 unspecified atom stereocenters. The Labute approximate surface area is 394 Å². The van der Waals surface area contributed by atoms with E-state index in [9.17, 15) is 0 Å². The lowest BCUT2D eigenvalue weighted by Gasteiger charge is -2.45. The number of rotatable bonds is 4. The first-order valence-electron chi connectivity index (χ1n) is 24.3. The van der Waals surface area contributed by atoms with Crippen molar-refractivity contribution in [2.24, 2.45) is 0 Å². The van der Waals surface area contributed by atoms with Crippen LogP contribution in [0.4, 0.5) is 34.1 Å². The molecule has 0 N–H and O–H groups in total. The molecule has 0 fully saturated rings. The fraction of sp³-hybridized carbons (Fsp3) is 0.270. The van der Waals surface area contributed by atoms with Crippen LogP contribution in [0, 0.1) is 0 Å². The molecule has 3 heteroatoms. The summed E-state index contributed by atoms with van der Waals surface area (Å²) in [6.45, 7) is 26.0. The lowest BCUT2D eigenvalue weighted by molar-refractivity contribution is 0.589. The Hall–Kier alpha value is -6.32. The molecule has 328 valence electrons. The van der Waals surface area contributed by atoms with E-state index < -0.39 is 0 Å². The fourth-order valence-corrected chi connectivity index (χ4v) is 11.5. The molecule has 0 amide bonds. The highest BCUT2D eigenvalue weighted by Gasteiger charge is 2.45. The summed E-state index contributed by atoms with van der Waals surface area (Å²) in [5.74, 6) is 0. The monoisotopic (exact) mass is 859 g/mol. The van der Waals surface area contributed by atoms with Crippen molar-refractivity contribution in [1.29, 1.82) is 0 Å². The second kappa shape index (κ2) is 14.8. The predicted molar refractivity (Wildman–Crippen MR) is 286 cm³/mol. The van der Waals surface area contributed by atoms with Crippen molar-refractivity contribution in [2.75, 3.05) is 9.80 Å². The number of allylic oxidation sites excluding steroid dienone is 4. The van der Waals surface area contributed by atoms with Crippen LogP contribution in [0.5, 0.6) is 0 Å². The normalized spacial score (nSPS) is 16.0. The molecule has 0 saturated heterocycles. The average molecular weight is 859 g/mol. The summed E-state index contributed by atoms with van der Waals surface area (Å²) in [6.07, 6.45) is 4.68.